The van der Waals surface area contributed by atoms with E-state index < -0.39 is 0 Å². The van der Waals surface area contributed by atoms with Crippen LogP contribution in [-0.2, 0) is 0 Å². The van der Waals surface area contributed by atoms with Crippen molar-refractivity contribution < 1.29 is 4.74 Å². The summed E-state index contributed by atoms with van der Waals surface area (Å²) in [4.78, 5) is 6.30. The first-order valence-corrected chi connectivity index (χ1v) is 6.74. The van der Waals surface area contributed by atoms with E-state index in [-0.39, 0.29) is 0 Å². The molecule has 6 heteroatoms. The molecule has 0 aliphatic carbocycles. The van der Waals surface area contributed by atoms with Crippen LogP contribution in [0.4, 0.5) is 17.3 Å². The second kappa shape index (κ2) is 6.20. The van der Waals surface area contributed by atoms with Crippen molar-refractivity contribution >= 4 is 40.5 Å². The molecule has 2 aromatic rings. The van der Waals surface area contributed by atoms with Gasteiger partial charge < -0.3 is 15.0 Å². The van der Waals surface area contributed by atoms with Gasteiger partial charge in [-0.05, 0) is 18.2 Å². The largest absolute Gasteiger partial charge is 0.495 e. The third kappa shape index (κ3) is 2.76. The van der Waals surface area contributed by atoms with E-state index >= 15 is 0 Å². The third-order valence-corrected chi connectivity index (χ3v) is 3.48. The summed E-state index contributed by atoms with van der Waals surface area (Å²) in [5.74, 6) is 1.92. The Kier molecular flexibility index (Phi) is 4.57. The molecule has 1 aromatic heterocycles. The van der Waals surface area contributed by atoms with Gasteiger partial charge in [0.05, 0.1) is 22.8 Å². The number of nitrogens with one attached hydrogen (secondary N) is 1. The molecule has 0 radical (unpaired) electrons. The lowest BCUT2D eigenvalue weighted by Gasteiger charge is -2.22. The highest BCUT2D eigenvalue weighted by molar-refractivity contribution is 6.37. The smallest absolute Gasteiger partial charge is 0.154 e. The number of methoxy groups -OCH3 is 1. The SMILES string of the molecule is CNc1nc(N(C)c2ccccc2OC)c(Cl)cc1Cl. The highest BCUT2D eigenvalue weighted by Crippen LogP contribution is 2.37. The summed E-state index contributed by atoms with van der Waals surface area (Å²) in [5, 5.41) is 3.89. The van der Waals surface area contributed by atoms with Crippen LogP contribution in [0.25, 0.3) is 0 Å². The van der Waals surface area contributed by atoms with Crippen molar-refractivity contribution in [3.63, 3.8) is 0 Å². The summed E-state index contributed by atoms with van der Waals surface area (Å²) < 4.78 is 5.35. The molecule has 1 N–H and O–H groups in total. The zero-order chi connectivity index (χ0) is 14.7. The molecule has 2 rings (SSSR count). The fourth-order valence-electron chi connectivity index (χ4n) is 1.89. The highest BCUT2D eigenvalue weighted by Gasteiger charge is 2.16. The molecule has 106 valence electrons. The van der Waals surface area contributed by atoms with Crippen LogP contribution in [0.5, 0.6) is 5.75 Å². The lowest BCUT2D eigenvalue weighted by atomic mass is 10.2. The van der Waals surface area contributed by atoms with E-state index in [1.807, 2.05) is 36.2 Å². The predicted octanol–water partition coefficient (Wildman–Crippen LogP) is 4.21. The maximum absolute atomic E-state index is 6.24. The number of hydrogen-bond donors (Lipinski definition) is 1. The van der Waals surface area contributed by atoms with E-state index in [1.54, 1.807) is 20.2 Å². The number of ether oxygens (including phenoxy) is 1. The van der Waals surface area contributed by atoms with Crippen molar-refractivity contribution in [1.82, 2.24) is 4.98 Å². The number of rotatable bonds is 4. The van der Waals surface area contributed by atoms with Crippen LogP contribution in [0.2, 0.25) is 10.0 Å². The minimum Gasteiger partial charge on any atom is -0.495 e. The Morgan fingerprint density at radius 2 is 1.90 bits per heavy atom. The van der Waals surface area contributed by atoms with E-state index in [9.17, 15) is 0 Å². The molecule has 0 atom stereocenters. The summed E-state index contributed by atoms with van der Waals surface area (Å²) in [6.07, 6.45) is 0. The van der Waals surface area contributed by atoms with Crippen LogP contribution in [0.3, 0.4) is 0 Å². The Morgan fingerprint density at radius 3 is 2.55 bits per heavy atom. The van der Waals surface area contributed by atoms with E-state index in [0.717, 1.165) is 11.4 Å². The number of para-hydroxylation sites is 2. The van der Waals surface area contributed by atoms with Crippen LogP contribution in [0.15, 0.2) is 30.3 Å². The molecule has 0 aliphatic heterocycles. The van der Waals surface area contributed by atoms with Crippen LogP contribution in [0.1, 0.15) is 0 Å². The molecule has 0 aliphatic rings. The molecule has 0 saturated carbocycles. The molecule has 0 unspecified atom stereocenters. The Balaban J connectivity index is 2.50. The van der Waals surface area contributed by atoms with Crippen molar-refractivity contribution in [3.05, 3.63) is 40.4 Å². The maximum Gasteiger partial charge on any atom is 0.154 e. The summed E-state index contributed by atoms with van der Waals surface area (Å²) in [6.45, 7) is 0. The summed E-state index contributed by atoms with van der Waals surface area (Å²) in [7, 11) is 5.26. The minimum absolute atomic E-state index is 0.474. The van der Waals surface area contributed by atoms with Crippen molar-refractivity contribution in [2.24, 2.45) is 0 Å². The number of pyridine rings is 1. The number of aromatic nitrogens is 1. The van der Waals surface area contributed by atoms with Crippen LogP contribution in [-0.4, -0.2) is 26.2 Å². The molecule has 0 fully saturated rings. The van der Waals surface area contributed by atoms with Gasteiger partial charge in [0.25, 0.3) is 0 Å². The Bertz CT molecular complexity index is 619. The minimum atomic E-state index is 0.474. The first kappa shape index (κ1) is 14.8. The molecular formula is C14H15Cl2N3O. The predicted molar refractivity (Wildman–Crippen MR) is 84.9 cm³/mol. The molecular weight excluding hydrogens is 297 g/mol. The lowest BCUT2D eigenvalue weighted by molar-refractivity contribution is 0.415. The molecule has 0 amide bonds. The Hall–Kier alpha value is -1.65. The molecule has 1 heterocycles. The second-order valence-corrected chi connectivity index (χ2v) is 4.92. The van der Waals surface area contributed by atoms with E-state index in [2.05, 4.69) is 10.3 Å². The number of anilines is 3. The highest BCUT2D eigenvalue weighted by atomic mass is 35.5. The Morgan fingerprint density at radius 1 is 1.20 bits per heavy atom. The summed E-state index contributed by atoms with van der Waals surface area (Å²) >= 11 is 12.3. The first-order valence-electron chi connectivity index (χ1n) is 5.99. The summed E-state index contributed by atoms with van der Waals surface area (Å²) in [5.41, 5.74) is 0.869. The average molecular weight is 312 g/mol. The van der Waals surface area contributed by atoms with Gasteiger partial charge in [0.1, 0.15) is 11.6 Å². The molecule has 0 spiro atoms. The Labute approximate surface area is 128 Å². The maximum atomic E-state index is 6.24. The monoisotopic (exact) mass is 311 g/mol. The fraction of sp³-hybridized carbons (Fsp3) is 0.214. The van der Waals surface area contributed by atoms with Gasteiger partial charge in [0.2, 0.25) is 0 Å². The van der Waals surface area contributed by atoms with Crippen molar-refractivity contribution in [3.8, 4) is 5.75 Å². The first-order chi connectivity index (χ1) is 9.58. The summed E-state index contributed by atoms with van der Waals surface area (Å²) in [6, 6.07) is 9.32. The van der Waals surface area contributed by atoms with Crippen LogP contribution in [0, 0.1) is 0 Å². The van der Waals surface area contributed by atoms with Crippen molar-refractivity contribution in [1.29, 1.82) is 0 Å². The van der Waals surface area contributed by atoms with Gasteiger partial charge in [-0.2, -0.15) is 0 Å². The number of nitrogens with zero attached hydrogens (tertiary/aromatic N) is 2. The van der Waals surface area contributed by atoms with Crippen LogP contribution >= 0.6 is 23.2 Å². The molecule has 0 bridgehead atoms. The van der Waals surface area contributed by atoms with Gasteiger partial charge in [-0.1, -0.05) is 35.3 Å². The van der Waals surface area contributed by atoms with Gasteiger partial charge in [-0.25, -0.2) is 4.98 Å². The lowest BCUT2D eigenvalue weighted by Crippen LogP contribution is -2.13. The number of halogens is 2. The quantitative estimate of drug-likeness (QED) is 0.918. The molecule has 1 aromatic carbocycles. The molecule has 0 saturated heterocycles. The van der Waals surface area contributed by atoms with Gasteiger partial charge in [0, 0.05) is 14.1 Å². The molecule has 4 nitrogen and oxygen atoms in total. The fourth-order valence-corrected chi connectivity index (χ4v) is 2.47. The normalized spacial score (nSPS) is 10.2. The van der Waals surface area contributed by atoms with E-state index in [4.69, 9.17) is 27.9 Å². The van der Waals surface area contributed by atoms with Gasteiger partial charge >= 0.3 is 0 Å². The third-order valence-electron chi connectivity index (χ3n) is 2.91. The zero-order valence-corrected chi connectivity index (χ0v) is 13.0. The standard InChI is InChI=1S/C14H15Cl2N3O/c1-17-13-9(15)8-10(16)14(18-13)19(2)11-6-4-5-7-12(11)20-3/h4-8H,1-3H3,(H,17,18). The van der Waals surface area contributed by atoms with Crippen LogP contribution < -0.4 is 15.0 Å². The van der Waals surface area contributed by atoms with Gasteiger partial charge in [-0.3, -0.25) is 0 Å². The van der Waals surface area contributed by atoms with E-state index in [0.29, 0.717) is 21.7 Å². The van der Waals surface area contributed by atoms with Gasteiger partial charge in [0.15, 0.2) is 5.82 Å². The second-order valence-electron chi connectivity index (χ2n) is 4.11. The topological polar surface area (TPSA) is 37.4 Å². The molecule has 20 heavy (non-hydrogen) atoms. The zero-order valence-electron chi connectivity index (χ0n) is 11.4. The van der Waals surface area contributed by atoms with E-state index in [1.165, 1.54) is 0 Å². The van der Waals surface area contributed by atoms with Crippen molar-refractivity contribution in [2.45, 2.75) is 0 Å². The average Bonchev–Trinajstić information content (AvgIpc) is 2.46. The van der Waals surface area contributed by atoms with Crippen molar-refractivity contribution in [2.75, 3.05) is 31.4 Å². The number of benzene rings is 1. The van der Waals surface area contributed by atoms with Gasteiger partial charge in [-0.15, -0.1) is 0 Å². The number of hydrogen-bond acceptors (Lipinski definition) is 4.